The fraction of sp³-hybridized carbons (Fsp3) is 0.125. The minimum atomic E-state index is -3.69. The maximum Gasteiger partial charge on any atom is 0.260 e. The van der Waals surface area contributed by atoms with Gasteiger partial charge in [0.15, 0.2) is 0 Å². The lowest BCUT2D eigenvalue weighted by Gasteiger charge is -2.21. The van der Waals surface area contributed by atoms with Gasteiger partial charge < -0.3 is 5.32 Å². The van der Waals surface area contributed by atoms with E-state index in [-0.39, 0.29) is 5.91 Å². The van der Waals surface area contributed by atoms with Gasteiger partial charge in [-0.05, 0) is 89.7 Å². The standard InChI is InChI=1S/C24H22ClIN4O4S/c1-16(17-5-4-8-21(14-17)27-24(32)18-6-3-7-19(25)13-18)28-29-23(31)15-30(35(2,33)34)22-11-9-20(26)10-12-22/h3-14H,15H2,1-2H3,(H,27,32)(H,29,31)/b28-16-. The number of hydrogen-bond acceptors (Lipinski definition) is 5. The first-order valence-corrected chi connectivity index (χ1v) is 13.6. The van der Waals surface area contributed by atoms with Gasteiger partial charge in [0.05, 0.1) is 17.7 Å². The Morgan fingerprint density at radius 2 is 1.66 bits per heavy atom. The first kappa shape index (κ1) is 26.6. The van der Waals surface area contributed by atoms with Crippen molar-refractivity contribution in [2.24, 2.45) is 5.10 Å². The molecule has 0 spiro atoms. The van der Waals surface area contributed by atoms with Gasteiger partial charge in [-0.1, -0.05) is 29.8 Å². The first-order valence-electron chi connectivity index (χ1n) is 10.3. The summed E-state index contributed by atoms with van der Waals surface area (Å²) in [5.74, 6) is -0.914. The van der Waals surface area contributed by atoms with E-state index in [1.54, 1.807) is 79.7 Å². The molecule has 2 N–H and O–H groups in total. The minimum Gasteiger partial charge on any atom is -0.322 e. The fourth-order valence-electron chi connectivity index (χ4n) is 3.04. The number of carbonyl (C=O) groups excluding carboxylic acids is 2. The van der Waals surface area contributed by atoms with Crippen LogP contribution >= 0.6 is 34.2 Å². The number of anilines is 2. The SMILES string of the molecule is C/C(=N/NC(=O)CN(c1ccc(I)cc1)S(C)(=O)=O)c1cccc(NC(=O)c2cccc(Cl)c2)c1. The molecule has 3 aromatic rings. The van der Waals surface area contributed by atoms with Crippen molar-refractivity contribution in [2.75, 3.05) is 22.4 Å². The molecule has 0 aromatic heterocycles. The quantitative estimate of drug-likeness (QED) is 0.219. The van der Waals surface area contributed by atoms with E-state index in [0.717, 1.165) is 14.1 Å². The number of amides is 2. The summed E-state index contributed by atoms with van der Waals surface area (Å²) in [5.41, 5.74) is 4.86. The number of halogens is 2. The number of sulfonamides is 1. The van der Waals surface area contributed by atoms with E-state index in [4.69, 9.17) is 11.6 Å². The van der Waals surface area contributed by atoms with Crippen LogP contribution < -0.4 is 15.0 Å². The van der Waals surface area contributed by atoms with E-state index in [2.05, 4.69) is 38.4 Å². The smallest absolute Gasteiger partial charge is 0.260 e. The van der Waals surface area contributed by atoms with E-state index in [9.17, 15) is 18.0 Å². The molecule has 0 bridgehead atoms. The minimum absolute atomic E-state index is 0.316. The summed E-state index contributed by atoms with van der Waals surface area (Å²) >= 11 is 8.06. The summed E-state index contributed by atoms with van der Waals surface area (Å²) in [4.78, 5) is 24.9. The maximum atomic E-state index is 12.5. The first-order chi connectivity index (χ1) is 16.5. The number of benzene rings is 3. The van der Waals surface area contributed by atoms with Crippen molar-refractivity contribution in [3.8, 4) is 0 Å². The van der Waals surface area contributed by atoms with Crippen molar-refractivity contribution in [2.45, 2.75) is 6.92 Å². The van der Waals surface area contributed by atoms with E-state index < -0.39 is 22.5 Å². The van der Waals surface area contributed by atoms with Crippen LogP contribution in [0.4, 0.5) is 11.4 Å². The number of rotatable bonds is 8. The Morgan fingerprint density at radius 1 is 1.00 bits per heavy atom. The van der Waals surface area contributed by atoms with Crippen LogP contribution in [-0.2, 0) is 14.8 Å². The Balaban J connectivity index is 1.68. The molecule has 35 heavy (non-hydrogen) atoms. The van der Waals surface area contributed by atoms with Crippen LogP contribution in [0.25, 0.3) is 0 Å². The van der Waals surface area contributed by atoms with Crippen LogP contribution in [0.3, 0.4) is 0 Å². The van der Waals surface area contributed by atoms with Gasteiger partial charge in [-0.3, -0.25) is 13.9 Å². The zero-order chi connectivity index (χ0) is 25.6. The van der Waals surface area contributed by atoms with Gasteiger partial charge in [-0.15, -0.1) is 0 Å². The predicted octanol–water partition coefficient (Wildman–Crippen LogP) is 4.50. The van der Waals surface area contributed by atoms with Gasteiger partial charge in [0.2, 0.25) is 10.0 Å². The number of hydrazone groups is 1. The summed E-state index contributed by atoms with van der Waals surface area (Å²) in [6.07, 6.45) is 1.04. The molecule has 182 valence electrons. The molecule has 0 aliphatic carbocycles. The third-order valence-electron chi connectivity index (χ3n) is 4.78. The van der Waals surface area contributed by atoms with Crippen molar-refractivity contribution < 1.29 is 18.0 Å². The Hall–Kier alpha value is -2.96. The maximum absolute atomic E-state index is 12.5. The highest BCUT2D eigenvalue weighted by atomic mass is 127. The molecule has 3 rings (SSSR count). The number of nitrogens with one attached hydrogen (secondary N) is 2. The van der Waals surface area contributed by atoms with E-state index in [0.29, 0.717) is 33.2 Å². The number of hydrogen-bond donors (Lipinski definition) is 2. The normalized spacial score (nSPS) is 11.6. The second-order valence-electron chi connectivity index (χ2n) is 7.52. The molecule has 0 radical (unpaired) electrons. The van der Waals surface area contributed by atoms with E-state index in [1.165, 1.54) is 0 Å². The summed E-state index contributed by atoms with van der Waals surface area (Å²) in [6, 6.07) is 20.3. The lowest BCUT2D eigenvalue weighted by Crippen LogP contribution is -2.39. The Bertz CT molecular complexity index is 1380. The third kappa shape index (κ3) is 7.77. The monoisotopic (exact) mass is 624 g/mol. The third-order valence-corrected chi connectivity index (χ3v) is 6.87. The van der Waals surface area contributed by atoms with Gasteiger partial charge >= 0.3 is 0 Å². The molecule has 0 aliphatic rings. The molecule has 0 aliphatic heterocycles. The molecule has 2 amide bonds. The van der Waals surface area contributed by atoms with Gasteiger partial charge in [0, 0.05) is 19.8 Å². The molecule has 0 fully saturated rings. The zero-order valence-electron chi connectivity index (χ0n) is 18.8. The average Bonchev–Trinajstić information content (AvgIpc) is 2.81. The summed E-state index contributed by atoms with van der Waals surface area (Å²) < 4.78 is 26.4. The molecule has 11 heteroatoms. The van der Waals surface area contributed by atoms with Crippen LogP contribution in [0.15, 0.2) is 77.9 Å². The molecule has 0 unspecified atom stereocenters. The summed E-state index contributed by atoms with van der Waals surface area (Å²) in [7, 11) is -3.69. The highest BCUT2D eigenvalue weighted by molar-refractivity contribution is 14.1. The van der Waals surface area contributed by atoms with Crippen LogP contribution in [0.1, 0.15) is 22.8 Å². The topological polar surface area (TPSA) is 108 Å². The van der Waals surface area contributed by atoms with E-state index >= 15 is 0 Å². The largest absolute Gasteiger partial charge is 0.322 e. The highest BCUT2D eigenvalue weighted by Crippen LogP contribution is 2.19. The van der Waals surface area contributed by atoms with Crippen molar-refractivity contribution in [3.05, 3.63) is 92.5 Å². The molecule has 3 aromatic carbocycles. The second kappa shape index (κ2) is 11.6. The van der Waals surface area contributed by atoms with Gasteiger partial charge in [-0.25, -0.2) is 13.8 Å². The van der Waals surface area contributed by atoms with Gasteiger partial charge in [0.25, 0.3) is 11.8 Å². The Kier molecular flexibility index (Phi) is 8.87. The highest BCUT2D eigenvalue weighted by Gasteiger charge is 2.20. The van der Waals surface area contributed by atoms with E-state index in [1.807, 2.05) is 0 Å². The van der Waals surface area contributed by atoms with Crippen LogP contribution in [0.2, 0.25) is 5.02 Å². The van der Waals surface area contributed by atoms with Gasteiger partial charge in [-0.2, -0.15) is 5.10 Å². The summed E-state index contributed by atoms with van der Waals surface area (Å²) in [6.45, 7) is 1.26. The lowest BCUT2D eigenvalue weighted by molar-refractivity contribution is -0.119. The number of nitrogens with zero attached hydrogens (tertiary/aromatic N) is 2. The molecular weight excluding hydrogens is 603 g/mol. The number of carbonyl (C=O) groups is 2. The summed E-state index contributed by atoms with van der Waals surface area (Å²) in [5, 5.41) is 7.35. The Labute approximate surface area is 222 Å². The molecule has 0 saturated heterocycles. The zero-order valence-corrected chi connectivity index (χ0v) is 22.6. The molecular formula is C24H22ClIN4O4S. The van der Waals surface area contributed by atoms with Crippen LogP contribution in [0.5, 0.6) is 0 Å². The molecule has 8 nitrogen and oxygen atoms in total. The predicted molar refractivity (Wildman–Crippen MR) is 148 cm³/mol. The van der Waals surface area contributed by atoms with Crippen molar-refractivity contribution >= 4 is 73.1 Å². The van der Waals surface area contributed by atoms with Crippen LogP contribution in [0, 0.1) is 3.57 Å². The average molecular weight is 625 g/mol. The molecule has 0 saturated carbocycles. The van der Waals surface area contributed by atoms with Crippen molar-refractivity contribution in [3.63, 3.8) is 0 Å². The van der Waals surface area contributed by atoms with Gasteiger partial charge in [0.1, 0.15) is 6.54 Å². The Morgan fingerprint density at radius 3 is 2.31 bits per heavy atom. The van der Waals surface area contributed by atoms with Crippen molar-refractivity contribution in [1.29, 1.82) is 0 Å². The lowest BCUT2D eigenvalue weighted by atomic mass is 10.1. The molecule has 0 heterocycles. The molecule has 0 atom stereocenters. The van der Waals surface area contributed by atoms with Crippen LogP contribution in [-0.4, -0.2) is 38.7 Å². The second-order valence-corrected chi connectivity index (χ2v) is 11.1. The van der Waals surface area contributed by atoms with Crippen molar-refractivity contribution in [1.82, 2.24) is 5.43 Å². The fourth-order valence-corrected chi connectivity index (χ4v) is 4.45.